The fraction of sp³-hybridized carbons (Fsp3) is 0.571. The van der Waals surface area contributed by atoms with E-state index in [-0.39, 0.29) is 29.6 Å². The van der Waals surface area contributed by atoms with E-state index in [0.29, 0.717) is 0 Å². The van der Waals surface area contributed by atoms with Gasteiger partial charge in [-0.05, 0) is 6.92 Å². The standard InChI is InChI=1S/C7H10O7.Na.H/c1-3(5(10)11)7(14,6(12)13)2-4(8)9;;/h3,14H,2H2,1H3,(H,8,9)(H,10,11)(H,12,13);;. The topological polar surface area (TPSA) is 132 Å². The number of carboxylic acids is 3. The van der Waals surface area contributed by atoms with Gasteiger partial charge in [-0.1, -0.05) is 0 Å². The van der Waals surface area contributed by atoms with Crippen LogP contribution < -0.4 is 0 Å². The summed E-state index contributed by atoms with van der Waals surface area (Å²) in [5.41, 5.74) is -2.78. The molecule has 8 heteroatoms. The molecule has 0 amide bonds. The molecule has 0 aliphatic carbocycles. The molecule has 0 aromatic rings. The Hall–Kier alpha value is -0.630. The summed E-state index contributed by atoms with van der Waals surface area (Å²) in [6, 6.07) is 0. The van der Waals surface area contributed by atoms with Crippen molar-refractivity contribution < 1.29 is 34.8 Å². The van der Waals surface area contributed by atoms with E-state index < -0.39 is 35.8 Å². The van der Waals surface area contributed by atoms with Crippen molar-refractivity contribution in [3.05, 3.63) is 0 Å². The van der Waals surface area contributed by atoms with E-state index in [1.54, 1.807) is 0 Å². The summed E-state index contributed by atoms with van der Waals surface area (Å²) in [6.45, 7) is 0.930. The molecule has 0 radical (unpaired) electrons. The Balaban J connectivity index is 0. The van der Waals surface area contributed by atoms with E-state index in [9.17, 15) is 19.5 Å². The van der Waals surface area contributed by atoms with E-state index >= 15 is 0 Å². The summed E-state index contributed by atoms with van der Waals surface area (Å²) in [7, 11) is 0. The van der Waals surface area contributed by atoms with Gasteiger partial charge in [-0.25, -0.2) is 4.79 Å². The van der Waals surface area contributed by atoms with Crippen molar-refractivity contribution in [2.75, 3.05) is 0 Å². The van der Waals surface area contributed by atoms with Crippen LogP contribution in [0.25, 0.3) is 0 Å². The second-order valence-electron chi connectivity index (χ2n) is 2.86. The van der Waals surface area contributed by atoms with E-state index in [4.69, 9.17) is 15.3 Å². The maximum atomic E-state index is 10.5. The Morgan fingerprint density at radius 3 is 1.80 bits per heavy atom. The Morgan fingerprint density at radius 2 is 1.60 bits per heavy atom. The normalized spacial score (nSPS) is 15.6. The van der Waals surface area contributed by atoms with Crippen molar-refractivity contribution in [1.82, 2.24) is 0 Å². The SMILES string of the molecule is CC(C(=O)O)C(O)(CC(=O)O)C(=O)O.[NaH]. The zero-order valence-corrected chi connectivity index (χ0v) is 7.30. The average molecular weight is 230 g/mol. The van der Waals surface area contributed by atoms with Crippen LogP contribution in [0.15, 0.2) is 0 Å². The average Bonchev–Trinajstić information content (AvgIpc) is 2.00. The van der Waals surface area contributed by atoms with Crippen molar-refractivity contribution in [2.45, 2.75) is 18.9 Å². The quantitative estimate of drug-likeness (QED) is 0.416. The summed E-state index contributed by atoms with van der Waals surface area (Å²) in [5, 5.41) is 34.6. The first-order valence-electron chi connectivity index (χ1n) is 3.62. The van der Waals surface area contributed by atoms with E-state index in [0.717, 1.165) is 6.92 Å². The molecule has 0 aromatic carbocycles. The van der Waals surface area contributed by atoms with Crippen molar-refractivity contribution in [3.63, 3.8) is 0 Å². The molecule has 0 aromatic heterocycles. The third kappa shape index (κ3) is 4.17. The summed E-state index contributed by atoms with van der Waals surface area (Å²) < 4.78 is 0. The van der Waals surface area contributed by atoms with Crippen molar-refractivity contribution >= 4 is 47.5 Å². The number of hydrogen-bond donors (Lipinski definition) is 4. The number of aliphatic hydroxyl groups is 1. The van der Waals surface area contributed by atoms with Gasteiger partial charge >= 0.3 is 47.5 Å². The Morgan fingerprint density at radius 1 is 1.20 bits per heavy atom. The molecule has 4 N–H and O–H groups in total. The predicted octanol–water partition coefficient (Wildman–Crippen LogP) is -1.65. The second-order valence-corrected chi connectivity index (χ2v) is 2.86. The number of rotatable bonds is 5. The molecule has 0 spiro atoms. The van der Waals surface area contributed by atoms with Gasteiger partial charge in [0, 0.05) is 0 Å². The van der Waals surface area contributed by atoms with Crippen LogP contribution in [0.1, 0.15) is 13.3 Å². The van der Waals surface area contributed by atoms with Gasteiger partial charge in [0.05, 0.1) is 12.3 Å². The van der Waals surface area contributed by atoms with E-state index in [1.165, 1.54) is 0 Å². The van der Waals surface area contributed by atoms with Crippen LogP contribution in [0.4, 0.5) is 0 Å². The Kier molecular flexibility index (Phi) is 6.78. The van der Waals surface area contributed by atoms with Crippen LogP contribution in [-0.2, 0) is 14.4 Å². The first-order chi connectivity index (χ1) is 6.21. The molecule has 15 heavy (non-hydrogen) atoms. The zero-order chi connectivity index (χ0) is 11.5. The predicted molar refractivity (Wildman–Crippen MR) is 48.8 cm³/mol. The van der Waals surface area contributed by atoms with Crippen LogP contribution in [0.3, 0.4) is 0 Å². The van der Waals surface area contributed by atoms with E-state index in [1.807, 2.05) is 0 Å². The molecular weight excluding hydrogens is 219 g/mol. The minimum atomic E-state index is -2.78. The molecule has 0 saturated carbocycles. The summed E-state index contributed by atoms with van der Waals surface area (Å²) >= 11 is 0. The molecular formula is C7H11NaO7. The molecule has 0 heterocycles. The fourth-order valence-electron chi connectivity index (χ4n) is 0.849. The van der Waals surface area contributed by atoms with Crippen LogP contribution in [0.5, 0.6) is 0 Å². The van der Waals surface area contributed by atoms with Gasteiger partial charge in [0.25, 0.3) is 0 Å². The van der Waals surface area contributed by atoms with Gasteiger partial charge in [-0.3, -0.25) is 9.59 Å². The molecule has 0 aliphatic rings. The second kappa shape index (κ2) is 6.06. The van der Waals surface area contributed by atoms with Gasteiger partial charge < -0.3 is 20.4 Å². The first-order valence-corrected chi connectivity index (χ1v) is 3.62. The van der Waals surface area contributed by atoms with Gasteiger partial charge in [0.15, 0.2) is 5.60 Å². The van der Waals surface area contributed by atoms with Gasteiger partial charge in [0.1, 0.15) is 0 Å². The first kappa shape index (κ1) is 16.8. The number of hydrogen-bond acceptors (Lipinski definition) is 4. The monoisotopic (exact) mass is 230 g/mol. The third-order valence-corrected chi connectivity index (χ3v) is 1.88. The molecule has 0 saturated heterocycles. The van der Waals surface area contributed by atoms with Gasteiger partial charge in [0.2, 0.25) is 0 Å². The van der Waals surface area contributed by atoms with Gasteiger partial charge in [-0.15, -0.1) is 0 Å². The zero-order valence-electron chi connectivity index (χ0n) is 7.30. The molecule has 2 unspecified atom stereocenters. The molecule has 7 nitrogen and oxygen atoms in total. The van der Waals surface area contributed by atoms with Crippen LogP contribution >= 0.6 is 0 Å². The number of carboxylic acid groups (broad SMARTS) is 3. The van der Waals surface area contributed by atoms with Crippen molar-refractivity contribution in [2.24, 2.45) is 5.92 Å². The Labute approximate surface area is 107 Å². The maximum absolute atomic E-state index is 10.5. The molecule has 0 fully saturated rings. The molecule has 0 bridgehead atoms. The molecule has 0 rings (SSSR count). The Bertz CT molecular complexity index is 277. The van der Waals surface area contributed by atoms with Gasteiger partial charge in [-0.2, -0.15) is 0 Å². The minimum absolute atomic E-state index is 0. The van der Waals surface area contributed by atoms with Crippen LogP contribution in [0.2, 0.25) is 0 Å². The number of carbonyl (C=O) groups is 3. The third-order valence-electron chi connectivity index (χ3n) is 1.88. The molecule has 0 aliphatic heterocycles. The fourth-order valence-corrected chi connectivity index (χ4v) is 0.849. The van der Waals surface area contributed by atoms with Crippen molar-refractivity contribution in [1.29, 1.82) is 0 Å². The van der Waals surface area contributed by atoms with Crippen LogP contribution in [0, 0.1) is 5.92 Å². The molecule has 2 atom stereocenters. The summed E-state index contributed by atoms with van der Waals surface area (Å²) in [6.07, 6.45) is -1.16. The molecule has 82 valence electrons. The number of aliphatic carboxylic acids is 3. The van der Waals surface area contributed by atoms with Crippen molar-refractivity contribution in [3.8, 4) is 0 Å². The van der Waals surface area contributed by atoms with Crippen LogP contribution in [-0.4, -0.2) is 73.5 Å². The van der Waals surface area contributed by atoms with E-state index in [2.05, 4.69) is 0 Å². The summed E-state index contributed by atoms with van der Waals surface area (Å²) in [5.74, 6) is -6.72. The summed E-state index contributed by atoms with van der Waals surface area (Å²) in [4.78, 5) is 31.2.